The van der Waals surface area contributed by atoms with Crippen LogP contribution >= 0.6 is 0 Å². The first-order chi connectivity index (χ1) is 12.5. The molecule has 26 heavy (non-hydrogen) atoms. The van der Waals surface area contributed by atoms with Crippen LogP contribution in [0.25, 0.3) is 0 Å². The van der Waals surface area contributed by atoms with E-state index in [1.54, 1.807) is 0 Å². The fraction of sp³-hybridized carbons (Fsp3) is 0.278. The Morgan fingerprint density at radius 3 is 2.50 bits per heavy atom. The summed E-state index contributed by atoms with van der Waals surface area (Å²) >= 11 is 0. The van der Waals surface area contributed by atoms with Crippen molar-refractivity contribution in [3.63, 3.8) is 0 Å². The number of amides is 2. The van der Waals surface area contributed by atoms with Gasteiger partial charge < -0.3 is 15.4 Å². The number of nitrogens with zero attached hydrogens (tertiary/aromatic N) is 1. The number of benzene rings is 1. The molecule has 0 bridgehead atoms. The van der Waals surface area contributed by atoms with Crippen LogP contribution in [0.3, 0.4) is 0 Å². The minimum atomic E-state index is -0.892. The van der Waals surface area contributed by atoms with Crippen molar-refractivity contribution in [2.45, 2.75) is 18.9 Å². The average molecular weight is 361 g/mol. The van der Waals surface area contributed by atoms with Gasteiger partial charge in [0.05, 0.1) is 17.2 Å². The van der Waals surface area contributed by atoms with Crippen LogP contribution in [-0.4, -0.2) is 36.1 Å². The molecule has 2 amide bonds. The van der Waals surface area contributed by atoms with Gasteiger partial charge in [-0.05, 0) is 31.0 Å². The molecule has 1 unspecified atom stereocenters. The van der Waals surface area contributed by atoms with Crippen LogP contribution in [0.4, 0.5) is 14.5 Å². The molecule has 0 radical (unpaired) electrons. The quantitative estimate of drug-likeness (QED) is 0.858. The van der Waals surface area contributed by atoms with Gasteiger partial charge in [-0.3, -0.25) is 14.6 Å². The van der Waals surface area contributed by atoms with E-state index in [9.17, 15) is 18.4 Å². The van der Waals surface area contributed by atoms with Crippen molar-refractivity contribution in [3.05, 3.63) is 59.4 Å². The van der Waals surface area contributed by atoms with E-state index in [1.165, 1.54) is 24.5 Å². The molecule has 1 atom stereocenters. The van der Waals surface area contributed by atoms with Crippen molar-refractivity contribution >= 4 is 17.5 Å². The number of pyridine rings is 1. The number of halogens is 2. The van der Waals surface area contributed by atoms with E-state index in [0.29, 0.717) is 13.2 Å². The number of aromatic nitrogens is 1. The zero-order chi connectivity index (χ0) is 18.5. The van der Waals surface area contributed by atoms with Gasteiger partial charge in [0.1, 0.15) is 17.3 Å². The smallest absolute Gasteiger partial charge is 0.257 e. The van der Waals surface area contributed by atoms with Crippen molar-refractivity contribution in [3.8, 4) is 0 Å². The Labute approximate surface area is 148 Å². The maximum atomic E-state index is 13.6. The molecule has 3 rings (SSSR count). The third kappa shape index (κ3) is 4.20. The van der Waals surface area contributed by atoms with Crippen LogP contribution in [0.1, 0.15) is 33.6 Å². The summed E-state index contributed by atoms with van der Waals surface area (Å²) in [4.78, 5) is 28.3. The van der Waals surface area contributed by atoms with Crippen LogP contribution in [0.5, 0.6) is 0 Å². The van der Waals surface area contributed by atoms with Gasteiger partial charge in [0.2, 0.25) is 0 Å². The largest absolute Gasteiger partial charge is 0.376 e. The summed E-state index contributed by atoms with van der Waals surface area (Å²) in [5.41, 5.74) is -0.368. The number of hydrogen-bond donors (Lipinski definition) is 2. The number of para-hydroxylation sites is 1. The maximum absolute atomic E-state index is 13.6. The highest BCUT2D eigenvalue weighted by Crippen LogP contribution is 2.19. The molecular formula is C18H17F2N3O3. The van der Waals surface area contributed by atoms with Crippen LogP contribution in [0.15, 0.2) is 36.7 Å². The van der Waals surface area contributed by atoms with Crippen LogP contribution in [-0.2, 0) is 4.74 Å². The number of carbonyl (C=O) groups excluding carboxylic acids is 2. The molecule has 1 aliphatic rings. The van der Waals surface area contributed by atoms with Crippen molar-refractivity contribution in [2.75, 3.05) is 18.5 Å². The van der Waals surface area contributed by atoms with E-state index in [4.69, 9.17) is 4.74 Å². The monoisotopic (exact) mass is 361 g/mol. The number of ether oxygens (including phenoxy) is 1. The molecule has 1 aromatic carbocycles. The van der Waals surface area contributed by atoms with Crippen molar-refractivity contribution in [1.82, 2.24) is 10.3 Å². The lowest BCUT2D eigenvalue weighted by atomic mass is 10.1. The Morgan fingerprint density at radius 2 is 1.85 bits per heavy atom. The summed E-state index contributed by atoms with van der Waals surface area (Å²) in [6, 6.07) is 4.57. The van der Waals surface area contributed by atoms with Gasteiger partial charge >= 0.3 is 0 Å². The first-order valence-electron chi connectivity index (χ1n) is 8.15. The predicted octanol–water partition coefficient (Wildman–Crippen LogP) is 2.52. The fourth-order valence-corrected chi connectivity index (χ4v) is 2.61. The molecule has 136 valence electrons. The fourth-order valence-electron chi connectivity index (χ4n) is 2.61. The molecule has 0 spiro atoms. The molecule has 2 N–H and O–H groups in total. The van der Waals surface area contributed by atoms with E-state index < -0.39 is 29.1 Å². The average Bonchev–Trinajstić information content (AvgIpc) is 3.16. The third-order valence-electron chi connectivity index (χ3n) is 3.98. The zero-order valence-electron chi connectivity index (χ0n) is 13.8. The van der Waals surface area contributed by atoms with E-state index in [1.807, 2.05) is 0 Å². The minimum absolute atomic E-state index is 0.0115. The highest BCUT2D eigenvalue weighted by atomic mass is 19.1. The molecule has 0 saturated carbocycles. The predicted molar refractivity (Wildman–Crippen MR) is 89.9 cm³/mol. The maximum Gasteiger partial charge on any atom is 0.257 e. The van der Waals surface area contributed by atoms with Gasteiger partial charge in [-0.2, -0.15) is 0 Å². The number of carbonyl (C=O) groups is 2. The van der Waals surface area contributed by atoms with E-state index >= 15 is 0 Å². The van der Waals surface area contributed by atoms with Gasteiger partial charge in [0, 0.05) is 25.5 Å². The van der Waals surface area contributed by atoms with Gasteiger partial charge in [-0.1, -0.05) is 6.07 Å². The molecule has 2 heterocycles. The lowest BCUT2D eigenvalue weighted by molar-refractivity contribution is 0.0857. The molecule has 1 saturated heterocycles. The number of nitrogens with one attached hydrogen (secondary N) is 2. The first kappa shape index (κ1) is 17.9. The van der Waals surface area contributed by atoms with Crippen molar-refractivity contribution < 1.29 is 23.1 Å². The Bertz CT molecular complexity index is 803. The Kier molecular flexibility index (Phi) is 5.52. The second-order valence-electron chi connectivity index (χ2n) is 5.86. The summed E-state index contributed by atoms with van der Waals surface area (Å²) in [6.07, 6.45) is 4.36. The molecular weight excluding hydrogens is 344 g/mol. The topological polar surface area (TPSA) is 80.3 Å². The Balaban J connectivity index is 1.68. The van der Waals surface area contributed by atoms with E-state index in [-0.39, 0.29) is 17.2 Å². The van der Waals surface area contributed by atoms with Crippen molar-refractivity contribution in [1.29, 1.82) is 0 Å². The van der Waals surface area contributed by atoms with Gasteiger partial charge in [0.25, 0.3) is 11.8 Å². The number of rotatable bonds is 5. The molecule has 0 aliphatic carbocycles. The molecule has 1 aromatic heterocycles. The van der Waals surface area contributed by atoms with Gasteiger partial charge in [-0.15, -0.1) is 0 Å². The van der Waals surface area contributed by atoms with Crippen LogP contribution < -0.4 is 10.6 Å². The first-order valence-corrected chi connectivity index (χ1v) is 8.15. The third-order valence-corrected chi connectivity index (χ3v) is 3.98. The Morgan fingerprint density at radius 1 is 1.15 bits per heavy atom. The highest BCUT2D eigenvalue weighted by Gasteiger charge is 2.18. The lowest BCUT2D eigenvalue weighted by Gasteiger charge is -2.11. The summed E-state index contributed by atoms with van der Waals surface area (Å²) < 4.78 is 32.7. The van der Waals surface area contributed by atoms with E-state index in [0.717, 1.165) is 25.0 Å². The zero-order valence-corrected chi connectivity index (χ0v) is 13.8. The van der Waals surface area contributed by atoms with E-state index in [2.05, 4.69) is 15.6 Å². The number of hydrogen-bond acceptors (Lipinski definition) is 4. The SMILES string of the molecule is O=C(NCC1CCCO1)c1cncc(C(=O)Nc2c(F)cccc2F)c1. The van der Waals surface area contributed by atoms with Gasteiger partial charge in [0.15, 0.2) is 0 Å². The summed E-state index contributed by atoms with van der Waals surface area (Å²) in [5, 5.41) is 4.88. The molecule has 6 nitrogen and oxygen atoms in total. The summed E-state index contributed by atoms with van der Waals surface area (Å²) in [7, 11) is 0. The minimum Gasteiger partial charge on any atom is -0.376 e. The van der Waals surface area contributed by atoms with Crippen LogP contribution in [0, 0.1) is 11.6 Å². The van der Waals surface area contributed by atoms with Crippen LogP contribution in [0.2, 0.25) is 0 Å². The summed E-state index contributed by atoms with van der Waals surface area (Å²) in [6.45, 7) is 1.06. The molecule has 1 aliphatic heterocycles. The highest BCUT2D eigenvalue weighted by molar-refractivity contribution is 6.05. The summed E-state index contributed by atoms with van der Waals surface area (Å²) in [5.74, 6) is -2.96. The Hall–Kier alpha value is -2.87. The lowest BCUT2D eigenvalue weighted by Crippen LogP contribution is -2.32. The second-order valence-corrected chi connectivity index (χ2v) is 5.86. The van der Waals surface area contributed by atoms with Gasteiger partial charge in [-0.25, -0.2) is 8.78 Å². The second kappa shape index (κ2) is 8.01. The molecule has 2 aromatic rings. The number of anilines is 1. The molecule has 1 fully saturated rings. The molecule has 8 heteroatoms. The normalized spacial score (nSPS) is 16.3. The van der Waals surface area contributed by atoms with Crippen molar-refractivity contribution in [2.24, 2.45) is 0 Å². The standard InChI is InChI=1S/C18H17F2N3O3/c19-14-4-1-5-15(20)16(14)23-18(25)12-7-11(8-21-9-12)17(24)22-10-13-3-2-6-26-13/h1,4-5,7-9,13H,2-3,6,10H2,(H,22,24)(H,23,25).